The van der Waals surface area contributed by atoms with Crippen molar-refractivity contribution in [1.82, 2.24) is 20.7 Å². The van der Waals surface area contributed by atoms with Crippen molar-refractivity contribution in [2.75, 3.05) is 24.2 Å². The first kappa shape index (κ1) is 23.4. The quantitative estimate of drug-likeness (QED) is 0.586. The van der Waals surface area contributed by atoms with Gasteiger partial charge in [-0.3, -0.25) is 25.4 Å². The zero-order chi connectivity index (χ0) is 23.1. The largest absolute Gasteiger partial charge is 0.323 e. The SMILES string of the molecule is O=C(NNC(=O)C(F)F)c1ccc(CC2CN(C(=O)Nc3cccc(F)c3)CCS2)nc1. The number of hydrogen-bond donors (Lipinski definition) is 3. The minimum Gasteiger partial charge on any atom is -0.323 e. The molecule has 1 unspecified atom stereocenters. The lowest BCUT2D eigenvalue weighted by Gasteiger charge is -2.32. The van der Waals surface area contributed by atoms with Gasteiger partial charge in [-0.25, -0.2) is 9.18 Å². The molecule has 2 aromatic rings. The Morgan fingerprint density at radius 2 is 2.00 bits per heavy atom. The number of anilines is 1. The van der Waals surface area contributed by atoms with Gasteiger partial charge in [-0.15, -0.1) is 0 Å². The number of halogens is 3. The van der Waals surface area contributed by atoms with Crippen molar-refractivity contribution in [3.63, 3.8) is 0 Å². The summed E-state index contributed by atoms with van der Waals surface area (Å²) >= 11 is 1.69. The summed E-state index contributed by atoms with van der Waals surface area (Å²) in [6, 6.07) is 8.44. The first-order chi connectivity index (χ1) is 15.3. The lowest BCUT2D eigenvalue weighted by Crippen LogP contribution is -2.44. The number of hydrazine groups is 1. The fourth-order valence-corrected chi connectivity index (χ4v) is 4.19. The van der Waals surface area contributed by atoms with E-state index in [-0.39, 0.29) is 16.8 Å². The van der Waals surface area contributed by atoms with Crippen LogP contribution in [0, 0.1) is 5.82 Å². The zero-order valence-electron chi connectivity index (χ0n) is 16.7. The molecule has 3 N–H and O–H groups in total. The number of urea groups is 1. The lowest BCUT2D eigenvalue weighted by atomic mass is 10.1. The van der Waals surface area contributed by atoms with Crippen LogP contribution in [0.1, 0.15) is 16.1 Å². The lowest BCUT2D eigenvalue weighted by molar-refractivity contribution is -0.132. The summed E-state index contributed by atoms with van der Waals surface area (Å²) in [5, 5.41) is 2.75. The molecule has 0 saturated carbocycles. The third-order valence-electron chi connectivity index (χ3n) is 4.52. The van der Waals surface area contributed by atoms with Crippen LogP contribution in [0.3, 0.4) is 0 Å². The number of hydrogen-bond acceptors (Lipinski definition) is 5. The highest BCUT2D eigenvalue weighted by Gasteiger charge is 2.25. The summed E-state index contributed by atoms with van der Waals surface area (Å²) < 4.78 is 37.6. The van der Waals surface area contributed by atoms with Crippen LogP contribution in [-0.2, 0) is 11.2 Å². The van der Waals surface area contributed by atoms with Crippen molar-refractivity contribution in [3.8, 4) is 0 Å². The van der Waals surface area contributed by atoms with Gasteiger partial charge < -0.3 is 10.2 Å². The second-order valence-electron chi connectivity index (χ2n) is 6.87. The van der Waals surface area contributed by atoms with Crippen LogP contribution in [-0.4, -0.2) is 58.2 Å². The number of nitrogens with zero attached hydrogens (tertiary/aromatic N) is 2. The Hall–Kier alpha value is -3.28. The molecule has 1 aliphatic heterocycles. The normalized spacial score (nSPS) is 15.9. The van der Waals surface area contributed by atoms with Crippen LogP contribution in [0.2, 0.25) is 0 Å². The van der Waals surface area contributed by atoms with Gasteiger partial charge in [0.15, 0.2) is 0 Å². The van der Waals surface area contributed by atoms with Crippen molar-refractivity contribution in [2.24, 2.45) is 0 Å². The molecule has 3 rings (SSSR count). The Morgan fingerprint density at radius 3 is 2.69 bits per heavy atom. The highest BCUT2D eigenvalue weighted by molar-refractivity contribution is 8.00. The Labute approximate surface area is 185 Å². The van der Waals surface area contributed by atoms with Crippen LogP contribution < -0.4 is 16.2 Å². The van der Waals surface area contributed by atoms with Crippen LogP contribution in [0.25, 0.3) is 0 Å². The highest BCUT2D eigenvalue weighted by Crippen LogP contribution is 2.23. The highest BCUT2D eigenvalue weighted by atomic mass is 32.2. The van der Waals surface area contributed by atoms with Gasteiger partial charge in [0.1, 0.15) is 5.82 Å². The predicted molar refractivity (Wildman–Crippen MR) is 113 cm³/mol. The fourth-order valence-electron chi connectivity index (χ4n) is 2.95. The third kappa shape index (κ3) is 6.61. The first-order valence-corrected chi connectivity index (χ1v) is 10.6. The number of carbonyl (C=O) groups is 3. The first-order valence-electron chi connectivity index (χ1n) is 9.58. The van der Waals surface area contributed by atoms with E-state index in [4.69, 9.17) is 0 Å². The summed E-state index contributed by atoms with van der Waals surface area (Å²) in [5.74, 6) is -2.09. The molecule has 2 heterocycles. The minimum absolute atomic E-state index is 0.0690. The van der Waals surface area contributed by atoms with Crippen molar-refractivity contribution in [1.29, 1.82) is 0 Å². The molecule has 0 bridgehead atoms. The molecule has 1 aromatic carbocycles. The van der Waals surface area contributed by atoms with Gasteiger partial charge in [0.05, 0.1) is 5.56 Å². The van der Waals surface area contributed by atoms with Gasteiger partial charge in [0, 0.05) is 48.1 Å². The number of nitrogens with one attached hydrogen (secondary N) is 3. The predicted octanol–water partition coefficient (Wildman–Crippen LogP) is 2.44. The minimum atomic E-state index is -3.24. The molecule has 32 heavy (non-hydrogen) atoms. The van der Waals surface area contributed by atoms with Crippen molar-refractivity contribution in [2.45, 2.75) is 18.1 Å². The average Bonchev–Trinajstić information content (AvgIpc) is 2.78. The van der Waals surface area contributed by atoms with Crippen molar-refractivity contribution >= 4 is 35.3 Å². The van der Waals surface area contributed by atoms with Crippen LogP contribution in [0.15, 0.2) is 42.6 Å². The molecular formula is C20H20F3N5O3S. The molecule has 1 saturated heterocycles. The molecule has 12 heteroatoms. The van der Waals surface area contributed by atoms with E-state index in [2.05, 4.69) is 10.3 Å². The van der Waals surface area contributed by atoms with Gasteiger partial charge in [0.25, 0.3) is 5.91 Å². The van der Waals surface area contributed by atoms with E-state index in [1.807, 2.05) is 5.43 Å². The molecular weight excluding hydrogens is 447 g/mol. The van der Waals surface area contributed by atoms with Crippen LogP contribution >= 0.6 is 11.8 Å². The number of aromatic nitrogens is 1. The number of amides is 4. The van der Waals surface area contributed by atoms with Crippen LogP contribution in [0.4, 0.5) is 23.7 Å². The molecule has 1 atom stereocenters. The molecule has 1 aliphatic rings. The number of benzene rings is 1. The van der Waals surface area contributed by atoms with E-state index in [0.717, 1.165) is 5.75 Å². The maximum absolute atomic E-state index is 13.3. The van der Waals surface area contributed by atoms with Crippen molar-refractivity contribution in [3.05, 3.63) is 59.7 Å². The smallest absolute Gasteiger partial charge is 0.321 e. The maximum atomic E-state index is 13.3. The molecule has 8 nitrogen and oxygen atoms in total. The second kappa shape index (κ2) is 10.8. The van der Waals surface area contributed by atoms with E-state index in [1.165, 1.54) is 30.5 Å². The van der Waals surface area contributed by atoms with Crippen LogP contribution in [0.5, 0.6) is 0 Å². The van der Waals surface area contributed by atoms with Gasteiger partial charge in [-0.05, 0) is 30.3 Å². The summed E-state index contributed by atoms with van der Waals surface area (Å²) in [6.07, 6.45) is -1.42. The monoisotopic (exact) mass is 467 g/mol. The molecule has 1 fully saturated rings. The molecule has 1 aromatic heterocycles. The van der Waals surface area contributed by atoms with E-state index < -0.39 is 24.1 Å². The molecule has 0 aliphatic carbocycles. The number of alkyl halides is 2. The van der Waals surface area contributed by atoms with E-state index >= 15 is 0 Å². The molecule has 0 radical (unpaired) electrons. The van der Waals surface area contributed by atoms with E-state index in [1.54, 1.807) is 34.2 Å². The molecule has 170 valence electrons. The number of carbonyl (C=O) groups excluding carboxylic acids is 3. The summed E-state index contributed by atoms with van der Waals surface area (Å²) in [4.78, 5) is 41.0. The Morgan fingerprint density at radius 1 is 1.19 bits per heavy atom. The Balaban J connectivity index is 1.51. The van der Waals surface area contributed by atoms with Gasteiger partial charge in [-0.1, -0.05) is 6.07 Å². The Bertz CT molecular complexity index is 977. The standard InChI is InChI=1S/C20H20F3N5O3S/c21-13-2-1-3-15(8-13)25-20(31)28-6-7-32-16(11-28)9-14-5-4-12(10-24-14)18(29)26-27-19(30)17(22)23/h1-5,8,10,16-17H,6-7,9,11H2,(H,25,31)(H,26,29)(H,27,30). The number of thioether (sulfide) groups is 1. The van der Waals surface area contributed by atoms with E-state index in [0.29, 0.717) is 30.9 Å². The molecule has 0 spiro atoms. The van der Waals surface area contributed by atoms with Crippen molar-refractivity contribution < 1.29 is 27.6 Å². The maximum Gasteiger partial charge on any atom is 0.321 e. The molecule has 4 amide bonds. The van der Waals surface area contributed by atoms with Gasteiger partial charge in [-0.2, -0.15) is 20.5 Å². The number of rotatable bonds is 5. The number of pyridine rings is 1. The van der Waals surface area contributed by atoms with E-state index in [9.17, 15) is 27.6 Å². The third-order valence-corrected chi connectivity index (χ3v) is 5.73. The Kier molecular flexibility index (Phi) is 7.92. The second-order valence-corrected chi connectivity index (χ2v) is 8.27. The average molecular weight is 467 g/mol. The van der Waals surface area contributed by atoms with Gasteiger partial charge in [0.2, 0.25) is 0 Å². The summed E-state index contributed by atoms with van der Waals surface area (Å²) in [7, 11) is 0. The van der Waals surface area contributed by atoms with Gasteiger partial charge >= 0.3 is 18.4 Å². The zero-order valence-corrected chi connectivity index (χ0v) is 17.5. The topological polar surface area (TPSA) is 103 Å². The summed E-state index contributed by atoms with van der Waals surface area (Å²) in [6.45, 7) is 1.02. The fraction of sp³-hybridized carbons (Fsp3) is 0.300. The summed E-state index contributed by atoms with van der Waals surface area (Å²) in [5.41, 5.74) is 4.65.